The second-order valence-corrected chi connectivity index (χ2v) is 10.1. The smallest absolute Gasteiger partial charge is 0.257 e. The number of nitrogens with zero attached hydrogens (tertiary/aromatic N) is 1. The third kappa shape index (κ3) is 5.13. The fourth-order valence-corrected chi connectivity index (χ4v) is 5.69. The Balaban J connectivity index is 1.69. The molecule has 2 aliphatic rings. The van der Waals surface area contributed by atoms with E-state index in [0.29, 0.717) is 23.8 Å². The lowest BCUT2D eigenvalue weighted by atomic mass is 9.72. The number of hydrogen-bond acceptors (Lipinski definition) is 5. The maximum atomic E-state index is 15.0. The van der Waals surface area contributed by atoms with Gasteiger partial charge >= 0.3 is 0 Å². The monoisotopic (exact) mass is 474 g/mol. The zero-order chi connectivity index (χ0) is 23.6. The molecule has 1 fully saturated rings. The molecule has 2 aromatic carbocycles. The van der Waals surface area contributed by atoms with Crippen molar-refractivity contribution in [2.45, 2.75) is 50.2 Å². The predicted octanol–water partition coefficient (Wildman–Crippen LogP) is 4.91. The van der Waals surface area contributed by atoms with Gasteiger partial charge in [-0.05, 0) is 38.5 Å². The minimum atomic E-state index is -1.07. The molecule has 2 heterocycles. The maximum Gasteiger partial charge on any atom is 0.257 e. The molecule has 0 bridgehead atoms. The summed E-state index contributed by atoms with van der Waals surface area (Å²) in [7, 11) is 0. The molecule has 0 aliphatic carbocycles. The Hall–Kier alpha value is -2.29. The highest BCUT2D eigenvalue weighted by atomic mass is 32.2. The number of amidine groups is 1. The number of carbonyl (C=O) groups is 1. The fourth-order valence-electron chi connectivity index (χ4n) is 4.47. The minimum Gasteiger partial charge on any atom is -0.376 e. The quantitative estimate of drug-likeness (QED) is 0.669. The number of carbonyl (C=O) groups excluding carboxylic acids is 1. The van der Waals surface area contributed by atoms with E-state index < -0.39 is 17.2 Å². The zero-order valence-electron chi connectivity index (χ0n) is 18.9. The molecule has 1 saturated heterocycles. The molecule has 4 rings (SSSR count). The molecule has 2 aromatic rings. The Kier molecular flexibility index (Phi) is 7.16. The highest BCUT2D eigenvalue weighted by molar-refractivity contribution is 8.14. The summed E-state index contributed by atoms with van der Waals surface area (Å²) < 4.78 is 40.6. The van der Waals surface area contributed by atoms with Gasteiger partial charge in [-0.3, -0.25) is 4.79 Å². The van der Waals surface area contributed by atoms with Gasteiger partial charge in [0.2, 0.25) is 0 Å². The van der Waals surface area contributed by atoms with Crippen LogP contribution in [0.25, 0.3) is 0 Å². The lowest BCUT2D eigenvalue weighted by Gasteiger charge is -2.49. The first kappa shape index (κ1) is 23.9. The van der Waals surface area contributed by atoms with Crippen molar-refractivity contribution in [2.24, 2.45) is 10.9 Å². The Bertz CT molecular complexity index is 1030. The molecule has 5 nitrogen and oxygen atoms in total. The standard InChI is InChI=1S/C25H28F2N2O3S/c1-15(2)31-13-19-12-21-16(3)33-24(28-23(30)17-7-5-4-6-8-17)29-25(21,14-32-19)20-10-9-18(26)11-22(20)27/h4-11,15-16,19,21H,12-14H2,1-3H3,(H,28,29,30)/t16-,19-,21+,25-/m1/s1. The maximum absolute atomic E-state index is 15.0. The van der Waals surface area contributed by atoms with Gasteiger partial charge in [-0.1, -0.05) is 43.0 Å². The third-order valence-corrected chi connectivity index (χ3v) is 7.22. The van der Waals surface area contributed by atoms with Crippen LogP contribution in [0.15, 0.2) is 53.5 Å². The van der Waals surface area contributed by atoms with Crippen LogP contribution < -0.4 is 5.32 Å². The summed E-state index contributed by atoms with van der Waals surface area (Å²) in [5.41, 5.74) is -0.296. The molecule has 1 amide bonds. The number of thioether (sulfide) groups is 1. The summed E-state index contributed by atoms with van der Waals surface area (Å²) >= 11 is 1.45. The van der Waals surface area contributed by atoms with E-state index in [1.807, 2.05) is 26.8 Å². The first-order valence-electron chi connectivity index (χ1n) is 11.1. The summed E-state index contributed by atoms with van der Waals surface area (Å²) in [5, 5.41) is 3.28. The van der Waals surface area contributed by atoms with Crippen molar-refractivity contribution >= 4 is 22.8 Å². The van der Waals surface area contributed by atoms with Crippen molar-refractivity contribution < 1.29 is 23.0 Å². The summed E-state index contributed by atoms with van der Waals surface area (Å²) in [6.07, 6.45) is 0.541. The second kappa shape index (κ2) is 9.91. The number of benzene rings is 2. The Morgan fingerprint density at radius 2 is 2.03 bits per heavy atom. The Morgan fingerprint density at radius 1 is 1.27 bits per heavy atom. The second-order valence-electron chi connectivity index (χ2n) is 8.77. The fraction of sp³-hybridized carbons (Fsp3) is 0.440. The van der Waals surface area contributed by atoms with E-state index in [9.17, 15) is 9.18 Å². The number of fused-ring (bicyclic) bond motifs is 1. The van der Waals surface area contributed by atoms with E-state index in [4.69, 9.17) is 14.5 Å². The van der Waals surface area contributed by atoms with E-state index in [-0.39, 0.29) is 41.5 Å². The van der Waals surface area contributed by atoms with Gasteiger partial charge in [0.15, 0.2) is 5.17 Å². The van der Waals surface area contributed by atoms with Gasteiger partial charge < -0.3 is 14.8 Å². The van der Waals surface area contributed by atoms with Crippen LogP contribution in [-0.4, -0.2) is 41.7 Å². The van der Waals surface area contributed by atoms with Crippen LogP contribution in [0.3, 0.4) is 0 Å². The number of aliphatic imine (C=N–C) groups is 1. The molecule has 8 heteroatoms. The van der Waals surface area contributed by atoms with Crippen LogP contribution in [-0.2, 0) is 15.0 Å². The number of ether oxygens (including phenoxy) is 2. The van der Waals surface area contributed by atoms with Crippen LogP contribution in [0.1, 0.15) is 43.1 Å². The summed E-state index contributed by atoms with van der Waals surface area (Å²) in [5.74, 6) is -1.70. The van der Waals surface area contributed by atoms with Crippen molar-refractivity contribution in [3.05, 3.63) is 71.3 Å². The van der Waals surface area contributed by atoms with Crippen molar-refractivity contribution in [1.82, 2.24) is 5.32 Å². The first-order valence-corrected chi connectivity index (χ1v) is 12.0. The van der Waals surface area contributed by atoms with Crippen LogP contribution in [0.4, 0.5) is 8.78 Å². The lowest BCUT2D eigenvalue weighted by Crippen LogP contribution is -2.54. The largest absolute Gasteiger partial charge is 0.376 e. The van der Waals surface area contributed by atoms with Crippen LogP contribution in [0, 0.1) is 17.6 Å². The molecule has 4 atom stereocenters. The van der Waals surface area contributed by atoms with Crippen molar-refractivity contribution in [2.75, 3.05) is 13.2 Å². The van der Waals surface area contributed by atoms with Crippen LogP contribution >= 0.6 is 11.8 Å². The molecule has 0 aromatic heterocycles. The van der Waals surface area contributed by atoms with E-state index in [0.717, 1.165) is 6.07 Å². The minimum absolute atomic E-state index is 0.00322. The summed E-state index contributed by atoms with van der Waals surface area (Å²) in [4.78, 5) is 17.6. The normalized spacial score (nSPS) is 27.1. The van der Waals surface area contributed by atoms with Gasteiger partial charge in [0.05, 0.1) is 25.4 Å². The highest BCUT2D eigenvalue weighted by Gasteiger charge is 2.52. The van der Waals surface area contributed by atoms with Gasteiger partial charge in [-0.15, -0.1) is 0 Å². The van der Waals surface area contributed by atoms with Crippen LogP contribution in [0.5, 0.6) is 0 Å². The number of rotatable bonds is 5. The summed E-state index contributed by atoms with van der Waals surface area (Å²) in [6, 6.07) is 12.4. The molecule has 0 spiro atoms. The number of hydrogen-bond donors (Lipinski definition) is 1. The number of amides is 1. The van der Waals surface area contributed by atoms with Crippen molar-refractivity contribution in [3.63, 3.8) is 0 Å². The molecular weight excluding hydrogens is 446 g/mol. The van der Waals surface area contributed by atoms with E-state index in [1.165, 1.54) is 23.9 Å². The van der Waals surface area contributed by atoms with Gasteiger partial charge in [-0.2, -0.15) is 0 Å². The number of nitrogens with one attached hydrogen (secondary N) is 1. The van der Waals surface area contributed by atoms with E-state index >= 15 is 4.39 Å². The molecule has 1 N–H and O–H groups in total. The SMILES string of the molecule is CC(C)OC[C@H]1C[C@H]2[C@@H](C)SC(NC(=O)c3ccccc3)=N[C@@]2(c2ccc(F)cc2F)CO1. The molecule has 0 unspecified atom stereocenters. The average molecular weight is 475 g/mol. The number of halogens is 2. The third-order valence-electron chi connectivity index (χ3n) is 6.10. The molecule has 2 aliphatic heterocycles. The topological polar surface area (TPSA) is 59.9 Å². The van der Waals surface area contributed by atoms with Gasteiger partial charge in [-0.25, -0.2) is 13.8 Å². The van der Waals surface area contributed by atoms with Gasteiger partial charge in [0.1, 0.15) is 17.2 Å². The van der Waals surface area contributed by atoms with E-state index in [2.05, 4.69) is 5.32 Å². The Morgan fingerprint density at radius 3 is 2.73 bits per heavy atom. The molecule has 176 valence electrons. The molecular formula is C25H28F2N2O3S. The first-order chi connectivity index (χ1) is 15.8. The van der Waals surface area contributed by atoms with Crippen LogP contribution in [0.2, 0.25) is 0 Å². The van der Waals surface area contributed by atoms with Gasteiger partial charge in [0, 0.05) is 28.4 Å². The van der Waals surface area contributed by atoms with Gasteiger partial charge in [0.25, 0.3) is 5.91 Å². The molecule has 33 heavy (non-hydrogen) atoms. The van der Waals surface area contributed by atoms with Crippen molar-refractivity contribution in [3.8, 4) is 0 Å². The lowest BCUT2D eigenvalue weighted by molar-refractivity contribution is -0.102. The molecule has 0 saturated carbocycles. The Labute approximate surface area is 197 Å². The summed E-state index contributed by atoms with van der Waals surface area (Å²) in [6.45, 7) is 6.52. The van der Waals surface area contributed by atoms with E-state index in [1.54, 1.807) is 24.3 Å². The molecule has 0 radical (unpaired) electrons. The predicted molar refractivity (Wildman–Crippen MR) is 125 cm³/mol. The average Bonchev–Trinajstić information content (AvgIpc) is 2.78. The van der Waals surface area contributed by atoms with Crippen molar-refractivity contribution in [1.29, 1.82) is 0 Å². The highest BCUT2D eigenvalue weighted by Crippen LogP contribution is 2.50. The zero-order valence-corrected chi connectivity index (χ0v) is 19.7.